The molecule has 2 aliphatic rings. The first kappa shape index (κ1) is 23.5. The molecule has 6 rings (SSSR count). The molecule has 4 aromatic rings. The largest absolute Gasteiger partial charge is 0.455 e. The Hall–Kier alpha value is -2.87. The van der Waals surface area contributed by atoms with Crippen LogP contribution in [0.3, 0.4) is 0 Å². The molecule has 0 spiro atoms. The van der Waals surface area contributed by atoms with Crippen molar-refractivity contribution in [3.63, 3.8) is 0 Å². The van der Waals surface area contributed by atoms with Crippen LogP contribution in [0.15, 0.2) is 42.6 Å². The molecule has 1 fully saturated rings. The minimum Gasteiger partial charge on any atom is -0.455 e. The number of aromatic nitrogens is 1. The molecule has 0 unspecified atom stereocenters. The number of benzene rings is 3. The van der Waals surface area contributed by atoms with E-state index in [0.29, 0.717) is 17.3 Å². The maximum absolute atomic E-state index is 6.88. The van der Waals surface area contributed by atoms with Crippen molar-refractivity contribution in [3.8, 4) is 22.8 Å². The van der Waals surface area contributed by atoms with E-state index in [1.165, 1.54) is 80.7 Å². The summed E-state index contributed by atoms with van der Waals surface area (Å²) in [6, 6.07) is 14.1. The predicted molar refractivity (Wildman–Crippen MR) is 151 cm³/mol. The molecule has 1 saturated carbocycles. The first-order valence-corrected chi connectivity index (χ1v) is 13.8. The van der Waals surface area contributed by atoms with Gasteiger partial charge in [0.15, 0.2) is 6.20 Å². The van der Waals surface area contributed by atoms with Crippen molar-refractivity contribution in [2.75, 3.05) is 0 Å². The lowest BCUT2D eigenvalue weighted by atomic mass is 9.71. The van der Waals surface area contributed by atoms with Crippen LogP contribution in [0.2, 0.25) is 0 Å². The first-order valence-electron chi connectivity index (χ1n) is 13.8. The summed E-state index contributed by atoms with van der Waals surface area (Å²) in [5.74, 6) is 3.34. The standard InChI is InChI=1S/C34H40NO/c1-20(2)16-23-8-9-27-22(4)33-30(21(3)28(27)17-23)32-31-25(12-15-35(32)7)18-26(19-29(31)36-33)24-10-13-34(5,6)14-11-24/h8-9,12,15,17-20,24H,10-11,13-14,16H2,1-7H3/q+1. The molecule has 0 amide bonds. The lowest BCUT2D eigenvalue weighted by molar-refractivity contribution is -0.659. The van der Waals surface area contributed by atoms with Gasteiger partial charge in [0.1, 0.15) is 18.5 Å². The molecule has 1 aromatic heterocycles. The number of aryl methyl sites for hydroxylation is 3. The summed E-state index contributed by atoms with van der Waals surface area (Å²) in [6.45, 7) is 13.9. The molecule has 36 heavy (non-hydrogen) atoms. The number of hydrogen-bond donors (Lipinski definition) is 0. The molecule has 1 aliphatic heterocycles. The normalized spacial score (nSPS) is 17.0. The van der Waals surface area contributed by atoms with Crippen LogP contribution in [0, 0.1) is 25.2 Å². The molecule has 2 heteroatoms. The van der Waals surface area contributed by atoms with Crippen LogP contribution < -0.4 is 9.30 Å². The molecule has 0 N–H and O–H groups in total. The number of rotatable bonds is 3. The van der Waals surface area contributed by atoms with Crippen LogP contribution >= 0.6 is 0 Å². The SMILES string of the molecule is Cc1c2c(c(C)c3cc(CC(C)C)ccc13)-c1c3c(cc(C4CCC(C)(C)CC4)cc3cc[n+]1C)O2. The van der Waals surface area contributed by atoms with Crippen molar-refractivity contribution < 1.29 is 9.30 Å². The van der Waals surface area contributed by atoms with Crippen molar-refractivity contribution in [2.24, 2.45) is 18.4 Å². The Morgan fingerprint density at radius 1 is 0.972 bits per heavy atom. The van der Waals surface area contributed by atoms with Crippen LogP contribution in [-0.2, 0) is 13.5 Å². The number of pyridine rings is 1. The van der Waals surface area contributed by atoms with Crippen molar-refractivity contribution >= 4 is 21.5 Å². The Balaban J connectivity index is 1.56. The summed E-state index contributed by atoms with van der Waals surface area (Å²) in [6.07, 6.45) is 8.47. The van der Waals surface area contributed by atoms with Gasteiger partial charge >= 0.3 is 0 Å². The zero-order chi connectivity index (χ0) is 25.4. The quantitative estimate of drug-likeness (QED) is 0.236. The van der Waals surface area contributed by atoms with Crippen molar-refractivity contribution in [2.45, 2.75) is 79.6 Å². The van der Waals surface area contributed by atoms with Crippen molar-refractivity contribution in [1.29, 1.82) is 0 Å². The second kappa shape index (κ2) is 8.33. The number of nitrogens with zero attached hydrogens (tertiary/aromatic N) is 1. The number of hydrogen-bond acceptors (Lipinski definition) is 1. The van der Waals surface area contributed by atoms with Crippen LogP contribution in [0.1, 0.15) is 81.5 Å². The fraction of sp³-hybridized carbons (Fsp3) is 0.441. The van der Waals surface area contributed by atoms with Crippen LogP contribution in [0.5, 0.6) is 11.5 Å². The van der Waals surface area contributed by atoms with Crippen molar-refractivity contribution in [3.05, 3.63) is 64.8 Å². The van der Waals surface area contributed by atoms with E-state index in [-0.39, 0.29) is 0 Å². The minimum absolute atomic E-state index is 0.475. The van der Waals surface area contributed by atoms with Crippen LogP contribution in [0.25, 0.3) is 32.8 Å². The molecule has 0 saturated heterocycles. The maximum atomic E-state index is 6.88. The maximum Gasteiger partial charge on any atom is 0.228 e. The van der Waals surface area contributed by atoms with Crippen molar-refractivity contribution in [1.82, 2.24) is 0 Å². The topological polar surface area (TPSA) is 13.1 Å². The molecule has 0 radical (unpaired) electrons. The third-order valence-electron chi connectivity index (χ3n) is 8.96. The second-order valence-corrected chi connectivity index (χ2v) is 12.7. The van der Waals surface area contributed by atoms with Gasteiger partial charge in [-0.15, -0.1) is 0 Å². The van der Waals surface area contributed by atoms with Gasteiger partial charge in [0, 0.05) is 11.6 Å². The average Bonchev–Trinajstić information content (AvgIpc) is 2.83. The van der Waals surface area contributed by atoms with E-state index in [1.807, 2.05) is 0 Å². The lowest BCUT2D eigenvalue weighted by Gasteiger charge is -2.35. The molecule has 1 aliphatic carbocycles. The van der Waals surface area contributed by atoms with E-state index >= 15 is 0 Å². The number of fused-ring (bicyclic) bond motifs is 3. The zero-order valence-corrected chi connectivity index (χ0v) is 23.1. The van der Waals surface area contributed by atoms with E-state index in [1.54, 1.807) is 0 Å². The van der Waals surface area contributed by atoms with Gasteiger partial charge in [-0.25, -0.2) is 4.57 Å². The Bertz CT molecular complexity index is 1510. The summed E-state index contributed by atoms with van der Waals surface area (Å²) in [5.41, 5.74) is 8.46. The van der Waals surface area contributed by atoms with Gasteiger partial charge in [0.2, 0.25) is 5.69 Å². The van der Waals surface area contributed by atoms with E-state index in [9.17, 15) is 0 Å². The third-order valence-corrected chi connectivity index (χ3v) is 8.96. The van der Waals surface area contributed by atoms with Gasteiger partial charge in [0.05, 0.1) is 10.9 Å². The highest BCUT2D eigenvalue weighted by Gasteiger charge is 2.34. The highest BCUT2D eigenvalue weighted by atomic mass is 16.5. The Kier molecular flexibility index (Phi) is 5.44. The first-order chi connectivity index (χ1) is 17.1. The van der Waals surface area contributed by atoms with E-state index < -0.39 is 0 Å². The smallest absolute Gasteiger partial charge is 0.228 e. The highest BCUT2D eigenvalue weighted by Crippen LogP contribution is 2.52. The summed E-state index contributed by atoms with van der Waals surface area (Å²) in [5, 5.41) is 5.22. The molecule has 3 aromatic carbocycles. The zero-order valence-electron chi connectivity index (χ0n) is 23.1. The molecular weight excluding hydrogens is 438 g/mol. The van der Waals surface area contributed by atoms with Gasteiger partial charge in [-0.1, -0.05) is 52.0 Å². The minimum atomic E-state index is 0.475. The molecule has 0 bridgehead atoms. The fourth-order valence-electron chi connectivity index (χ4n) is 6.80. The Morgan fingerprint density at radius 2 is 1.72 bits per heavy atom. The lowest BCUT2D eigenvalue weighted by Crippen LogP contribution is -2.32. The van der Waals surface area contributed by atoms with Gasteiger partial charge in [-0.3, -0.25) is 0 Å². The molecule has 0 atom stereocenters. The van der Waals surface area contributed by atoms with Gasteiger partial charge in [-0.2, -0.15) is 0 Å². The third kappa shape index (κ3) is 3.72. The fourth-order valence-corrected chi connectivity index (χ4v) is 6.80. The molecular formula is C34H40NO+. The molecule has 2 nitrogen and oxygen atoms in total. The van der Waals surface area contributed by atoms with E-state index in [4.69, 9.17) is 4.74 Å². The van der Waals surface area contributed by atoms with E-state index in [2.05, 4.69) is 95.8 Å². The van der Waals surface area contributed by atoms with Gasteiger partial charge < -0.3 is 4.74 Å². The second-order valence-electron chi connectivity index (χ2n) is 12.7. The summed E-state index contributed by atoms with van der Waals surface area (Å²) in [7, 11) is 2.18. The summed E-state index contributed by atoms with van der Waals surface area (Å²) < 4.78 is 9.18. The summed E-state index contributed by atoms with van der Waals surface area (Å²) in [4.78, 5) is 0. The summed E-state index contributed by atoms with van der Waals surface area (Å²) >= 11 is 0. The number of ether oxygens (including phenoxy) is 1. The van der Waals surface area contributed by atoms with Gasteiger partial charge in [-0.05, 0) is 102 Å². The van der Waals surface area contributed by atoms with E-state index in [0.717, 1.165) is 17.9 Å². The van der Waals surface area contributed by atoms with Crippen LogP contribution in [0.4, 0.5) is 0 Å². The Morgan fingerprint density at radius 3 is 2.44 bits per heavy atom. The average molecular weight is 479 g/mol. The van der Waals surface area contributed by atoms with Gasteiger partial charge in [0.25, 0.3) is 0 Å². The molecule has 2 heterocycles. The predicted octanol–water partition coefficient (Wildman–Crippen LogP) is 9.09. The monoisotopic (exact) mass is 478 g/mol. The Labute approximate surface area is 216 Å². The highest BCUT2D eigenvalue weighted by molar-refractivity contribution is 6.06. The molecule has 186 valence electrons. The van der Waals surface area contributed by atoms with Crippen LogP contribution in [-0.4, -0.2) is 0 Å².